The van der Waals surface area contributed by atoms with Crippen molar-refractivity contribution in [3.05, 3.63) is 11.6 Å². The van der Waals surface area contributed by atoms with Gasteiger partial charge in [0.15, 0.2) is 0 Å². The predicted molar refractivity (Wildman–Crippen MR) is 41.7 cm³/mol. The van der Waals surface area contributed by atoms with Gasteiger partial charge in [0.2, 0.25) is 11.6 Å². The minimum absolute atomic E-state index is 0.393. The molecule has 0 radical (unpaired) electrons. The van der Waals surface area contributed by atoms with E-state index in [1.54, 1.807) is 0 Å². The molecule has 13 heavy (non-hydrogen) atoms. The Morgan fingerprint density at radius 2 is 1.46 bits per heavy atom. The Kier molecular flexibility index (Phi) is 2.50. The van der Waals surface area contributed by atoms with Crippen molar-refractivity contribution in [3.63, 3.8) is 0 Å². The van der Waals surface area contributed by atoms with Crippen molar-refractivity contribution >= 4 is 5.69 Å². The van der Waals surface area contributed by atoms with Crippen LogP contribution in [0.3, 0.4) is 0 Å². The molecule has 0 aliphatic heterocycles. The number of nitrogens with two attached hydrogens (primary N) is 1. The number of hydrogen-bond acceptors (Lipinski definition) is 4. The highest BCUT2D eigenvalue weighted by Crippen LogP contribution is 2.28. The summed E-state index contributed by atoms with van der Waals surface area (Å²) in [4.78, 5) is 3.40. The van der Waals surface area contributed by atoms with Crippen LogP contribution >= 0.6 is 0 Å². The highest BCUT2D eigenvalue weighted by molar-refractivity contribution is 5.48. The molecule has 4 nitrogen and oxygen atoms in total. The second kappa shape index (κ2) is 3.42. The maximum atomic E-state index is 13.0. The number of anilines is 1. The van der Waals surface area contributed by atoms with Gasteiger partial charge in [-0.3, -0.25) is 0 Å². The number of pyridine rings is 1. The lowest BCUT2D eigenvalue weighted by molar-refractivity contribution is 0.330. The van der Waals surface area contributed by atoms with Crippen LogP contribution in [-0.4, -0.2) is 19.2 Å². The smallest absolute Gasteiger partial charge is 0.255 e. The summed E-state index contributed by atoms with van der Waals surface area (Å²) in [5, 5.41) is 0. The third-order valence-electron chi connectivity index (χ3n) is 1.44. The van der Waals surface area contributed by atoms with E-state index in [9.17, 15) is 8.78 Å². The minimum atomic E-state index is -1.03. The number of ether oxygens (including phenoxy) is 2. The molecule has 0 saturated heterocycles. The summed E-state index contributed by atoms with van der Waals surface area (Å²) < 4.78 is 35.0. The Balaban J connectivity index is 3.36. The fourth-order valence-electron chi connectivity index (χ4n) is 0.788. The van der Waals surface area contributed by atoms with Crippen molar-refractivity contribution in [1.29, 1.82) is 0 Å². The zero-order valence-corrected chi connectivity index (χ0v) is 7.10. The molecular weight excluding hydrogens is 182 g/mol. The second-order valence-corrected chi connectivity index (χ2v) is 2.17. The summed E-state index contributed by atoms with van der Waals surface area (Å²) in [6.07, 6.45) is 0. The van der Waals surface area contributed by atoms with Crippen LogP contribution in [0.5, 0.6) is 11.8 Å². The summed E-state index contributed by atoms with van der Waals surface area (Å²) in [7, 11) is 2.39. The first-order chi connectivity index (χ1) is 6.11. The van der Waals surface area contributed by atoms with Gasteiger partial charge in [0.05, 0.1) is 14.2 Å². The van der Waals surface area contributed by atoms with E-state index in [1.807, 2.05) is 0 Å². The Morgan fingerprint density at radius 1 is 1.08 bits per heavy atom. The van der Waals surface area contributed by atoms with Crippen LogP contribution in [0.4, 0.5) is 14.5 Å². The molecule has 6 heteroatoms. The summed E-state index contributed by atoms with van der Waals surface area (Å²) >= 11 is 0. The average molecular weight is 190 g/mol. The fourth-order valence-corrected chi connectivity index (χ4v) is 0.788. The molecule has 2 N–H and O–H groups in total. The molecule has 0 unspecified atom stereocenters. The molecule has 0 atom stereocenters. The average Bonchev–Trinajstić information content (AvgIpc) is 2.15. The number of halogens is 2. The van der Waals surface area contributed by atoms with Crippen molar-refractivity contribution < 1.29 is 18.3 Å². The minimum Gasteiger partial charge on any atom is -0.479 e. The van der Waals surface area contributed by atoms with Crippen LogP contribution in [0.1, 0.15) is 0 Å². The third kappa shape index (κ3) is 1.47. The maximum Gasteiger partial charge on any atom is 0.255 e. The van der Waals surface area contributed by atoms with Crippen molar-refractivity contribution in [3.8, 4) is 11.8 Å². The van der Waals surface area contributed by atoms with Gasteiger partial charge in [-0.05, 0) is 0 Å². The van der Waals surface area contributed by atoms with Crippen LogP contribution in [0.25, 0.3) is 0 Å². The van der Waals surface area contributed by atoms with E-state index in [-0.39, 0.29) is 0 Å². The summed E-state index contributed by atoms with van der Waals surface area (Å²) in [6, 6.07) is 0. The molecule has 0 spiro atoms. The van der Waals surface area contributed by atoms with Gasteiger partial charge >= 0.3 is 0 Å². The van der Waals surface area contributed by atoms with E-state index in [1.165, 1.54) is 14.2 Å². The molecule has 0 aromatic carbocycles. The van der Waals surface area contributed by atoms with Crippen molar-refractivity contribution in [2.45, 2.75) is 0 Å². The first kappa shape index (κ1) is 9.50. The van der Waals surface area contributed by atoms with Gasteiger partial charge in [0, 0.05) is 0 Å². The van der Waals surface area contributed by atoms with Crippen LogP contribution in [0, 0.1) is 11.6 Å². The van der Waals surface area contributed by atoms with Crippen LogP contribution in [0.2, 0.25) is 0 Å². The van der Waals surface area contributed by atoms with Gasteiger partial charge in [-0.1, -0.05) is 0 Å². The van der Waals surface area contributed by atoms with E-state index < -0.39 is 29.1 Å². The van der Waals surface area contributed by atoms with Gasteiger partial charge in [0.1, 0.15) is 5.69 Å². The monoisotopic (exact) mass is 190 g/mol. The standard InChI is InChI=1S/C7H8F2N2O2/c1-12-6-3(8)5(10)4(9)7(11-6)13-2/h1-2H3,(H2,10,11). The third-order valence-corrected chi connectivity index (χ3v) is 1.44. The fraction of sp³-hybridized carbons (Fsp3) is 0.286. The largest absolute Gasteiger partial charge is 0.479 e. The van der Waals surface area contributed by atoms with Gasteiger partial charge < -0.3 is 15.2 Å². The molecule has 0 saturated carbocycles. The molecule has 0 bridgehead atoms. The lowest BCUT2D eigenvalue weighted by atomic mass is 10.3. The van der Waals surface area contributed by atoms with E-state index in [0.717, 1.165) is 0 Å². The number of nitrogen functional groups attached to an aromatic ring is 1. The zero-order valence-electron chi connectivity index (χ0n) is 7.10. The molecule has 0 fully saturated rings. The Labute approximate surface area is 73.3 Å². The number of nitrogens with zero attached hydrogens (tertiary/aromatic N) is 1. The van der Waals surface area contributed by atoms with Crippen LogP contribution < -0.4 is 15.2 Å². The van der Waals surface area contributed by atoms with E-state index in [0.29, 0.717) is 0 Å². The van der Waals surface area contributed by atoms with Crippen LogP contribution in [0.15, 0.2) is 0 Å². The lowest BCUT2D eigenvalue weighted by Crippen LogP contribution is -2.04. The number of methoxy groups -OCH3 is 2. The van der Waals surface area contributed by atoms with E-state index >= 15 is 0 Å². The molecule has 1 aromatic rings. The summed E-state index contributed by atoms with van der Waals surface area (Å²) in [5.41, 5.74) is 4.42. The molecule has 0 amide bonds. The molecule has 1 aromatic heterocycles. The second-order valence-electron chi connectivity index (χ2n) is 2.17. The van der Waals surface area contributed by atoms with Crippen molar-refractivity contribution in [1.82, 2.24) is 4.98 Å². The SMILES string of the molecule is COc1nc(OC)c(F)c(N)c1F. The molecule has 72 valence electrons. The molecular formula is C7H8F2N2O2. The topological polar surface area (TPSA) is 57.4 Å². The molecule has 0 aliphatic rings. The van der Waals surface area contributed by atoms with Crippen LogP contribution in [-0.2, 0) is 0 Å². The lowest BCUT2D eigenvalue weighted by Gasteiger charge is -2.07. The van der Waals surface area contributed by atoms with E-state index in [4.69, 9.17) is 5.73 Å². The number of aromatic nitrogens is 1. The van der Waals surface area contributed by atoms with Crippen molar-refractivity contribution in [2.24, 2.45) is 0 Å². The first-order valence-corrected chi connectivity index (χ1v) is 3.34. The highest BCUT2D eigenvalue weighted by Gasteiger charge is 2.18. The van der Waals surface area contributed by atoms with Crippen molar-refractivity contribution in [2.75, 3.05) is 20.0 Å². The quantitative estimate of drug-likeness (QED) is 0.754. The summed E-state index contributed by atoms with van der Waals surface area (Å²) in [6.45, 7) is 0. The predicted octanol–water partition coefficient (Wildman–Crippen LogP) is 0.959. The first-order valence-electron chi connectivity index (χ1n) is 3.34. The van der Waals surface area contributed by atoms with Gasteiger partial charge in [-0.2, -0.15) is 13.8 Å². The summed E-state index contributed by atoms with van der Waals surface area (Å²) in [5.74, 6) is -2.84. The molecule has 0 aliphatic carbocycles. The Bertz CT molecular complexity index is 303. The number of rotatable bonds is 2. The maximum absolute atomic E-state index is 13.0. The van der Waals surface area contributed by atoms with E-state index in [2.05, 4.69) is 14.5 Å². The molecule has 1 heterocycles. The Hall–Kier alpha value is -1.59. The molecule has 1 rings (SSSR count). The van der Waals surface area contributed by atoms with Gasteiger partial charge in [-0.15, -0.1) is 0 Å². The Morgan fingerprint density at radius 3 is 1.77 bits per heavy atom. The van der Waals surface area contributed by atoms with Gasteiger partial charge in [0.25, 0.3) is 11.8 Å². The van der Waals surface area contributed by atoms with Gasteiger partial charge in [-0.25, -0.2) is 0 Å². The zero-order chi connectivity index (χ0) is 10.0. The number of hydrogen-bond donors (Lipinski definition) is 1. The normalized spacial score (nSPS) is 9.85. The highest BCUT2D eigenvalue weighted by atomic mass is 19.1.